The van der Waals surface area contributed by atoms with Crippen LogP contribution < -0.4 is 15.4 Å². The number of likely N-dealkylation sites (tertiary alicyclic amines) is 1. The van der Waals surface area contributed by atoms with E-state index in [0.717, 1.165) is 5.56 Å². The zero-order chi connectivity index (χ0) is 29.0. The van der Waals surface area contributed by atoms with E-state index in [0.29, 0.717) is 35.2 Å². The van der Waals surface area contributed by atoms with Gasteiger partial charge in [-0.25, -0.2) is 0 Å². The number of para-hydroxylation sites is 1. The molecule has 214 valence electrons. The fourth-order valence-electron chi connectivity index (χ4n) is 6.94. The van der Waals surface area contributed by atoms with E-state index in [-0.39, 0.29) is 24.3 Å². The number of aliphatic hydroxyl groups is 1. The molecule has 9 nitrogen and oxygen atoms in total. The minimum Gasteiger partial charge on any atom is -0.494 e. The number of carbonyl (C=O) groups excluding carboxylic acids is 3. The quantitative estimate of drug-likeness (QED) is 0.442. The Hall–Kier alpha value is -3.14. The molecule has 3 fully saturated rings. The first-order valence-electron chi connectivity index (χ1n) is 13.7. The molecular weight excluding hydrogens is 534 g/mol. The fraction of sp³-hybridized carbons (Fsp3) is 0.500. The van der Waals surface area contributed by atoms with Crippen molar-refractivity contribution < 1.29 is 29.0 Å². The number of benzene rings is 2. The molecule has 5 rings (SSSR count). The predicted molar refractivity (Wildman–Crippen MR) is 151 cm³/mol. The van der Waals surface area contributed by atoms with Gasteiger partial charge in [0, 0.05) is 5.69 Å². The molecule has 3 aliphatic rings. The van der Waals surface area contributed by atoms with Crippen LogP contribution in [0.2, 0.25) is 5.02 Å². The summed E-state index contributed by atoms with van der Waals surface area (Å²) >= 11 is 6.41. The van der Waals surface area contributed by atoms with E-state index in [1.807, 2.05) is 33.8 Å². The van der Waals surface area contributed by atoms with Gasteiger partial charge in [-0.3, -0.25) is 14.4 Å². The molecule has 3 amide bonds. The summed E-state index contributed by atoms with van der Waals surface area (Å²) in [5.74, 6) is -2.36. The van der Waals surface area contributed by atoms with Crippen molar-refractivity contribution in [2.45, 2.75) is 64.3 Å². The number of hydrogen-bond donors (Lipinski definition) is 3. The lowest BCUT2D eigenvalue weighted by Crippen LogP contribution is -2.56. The monoisotopic (exact) mass is 569 g/mol. The maximum Gasteiger partial charge on any atom is 0.250 e. The Morgan fingerprint density at radius 2 is 1.90 bits per heavy atom. The highest BCUT2D eigenvalue weighted by atomic mass is 35.5. The number of anilines is 2. The number of hydrogen-bond acceptors (Lipinski definition) is 6. The van der Waals surface area contributed by atoms with Gasteiger partial charge < -0.3 is 30.1 Å². The Balaban J connectivity index is 1.52. The molecule has 7 atom stereocenters. The lowest BCUT2D eigenvalue weighted by atomic mass is 9.62. The number of fused-ring (bicyclic) bond motifs is 1. The maximum atomic E-state index is 14.1. The van der Waals surface area contributed by atoms with Crippen LogP contribution in [0.25, 0.3) is 0 Å². The summed E-state index contributed by atoms with van der Waals surface area (Å²) in [6, 6.07) is 10.6. The zero-order valence-corrected chi connectivity index (χ0v) is 24.1. The van der Waals surface area contributed by atoms with E-state index in [2.05, 4.69) is 10.6 Å². The first kappa shape index (κ1) is 28.4. The molecule has 3 unspecified atom stereocenters. The number of rotatable bonds is 8. The molecule has 3 heterocycles. The maximum absolute atomic E-state index is 14.1. The number of carbonyl (C=O) groups is 3. The van der Waals surface area contributed by atoms with Crippen molar-refractivity contribution in [1.29, 1.82) is 0 Å². The summed E-state index contributed by atoms with van der Waals surface area (Å²) in [6.45, 7) is 9.43. The van der Waals surface area contributed by atoms with Crippen LogP contribution in [0.3, 0.4) is 0 Å². The molecule has 0 aromatic heterocycles. The van der Waals surface area contributed by atoms with Crippen LogP contribution in [0.15, 0.2) is 42.5 Å². The third-order valence-corrected chi connectivity index (χ3v) is 9.24. The average Bonchev–Trinajstić information content (AvgIpc) is 3.43. The number of nitrogens with zero attached hydrogens (tertiary/aromatic N) is 1. The molecule has 40 heavy (non-hydrogen) atoms. The van der Waals surface area contributed by atoms with Gasteiger partial charge in [-0.1, -0.05) is 30.7 Å². The summed E-state index contributed by atoms with van der Waals surface area (Å²) < 4.78 is 12.2. The van der Waals surface area contributed by atoms with E-state index >= 15 is 0 Å². The minimum absolute atomic E-state index is 0.116. The van der Waals surface area contributed by atoms with Crippen LogP contribution in [0, 0.1) is 24.7 Å². The van der Waals surface area contributed by atoms with Gasteiger partial charge in [-0.2, -0.15) is 0 Å². The average molecular weight is 570 g/mol. The van der Waals surface area contributed by atoms with Gasteiger partial charge in [0.05, 0.1) is 47.4 Å². The summed E-state index contributed by atoms with van der Waals surface area (Å²) in [5.41, 5.74) is -0.422. The molecule has 3 aliphatic heterocycles. The van der Waals surface area contributed by atoms with Crippen molar-refractivity contribution in [3.63, 3.8) is 0 Å². The van der Waals surface area contributed by atoms with Crippen molar-refractivity contribution in [2.24, 2.45) is 17.8 Å². The summed E-state index contributed by atoms with van der Waals surface area (Å²) in [5, 5.41) is 16.3. The van der Waals surface area contributed by atoms with Crippen LogP contribution >= 0.6 is 11.6 Å². The normalized spacial score (nSPS) is 31.2. The summed E-state index contributed by atoms with van der Waals surface area (Å²) in [6.07, 6.45) is 0.418. The molecule has 1 spiro atoms. The Kier molecular flexibility index (Phi) is 7.35. The van der Waals surface area contributed by atoms with Crippen molar-refractivity contribution in [3.8, 4) is 5.75 Å². The lowest BCUT2D eigenvalue weighted by molar-refractivity contribution is -0.147. The molecule has 2 aromatic rings. The van der Waals surface area contributed by atoms with Crippen molar-refractivity contribution in [2.75, 3.05) is 23.8 Å². The Morgan fingerprint density at radius 3 is 2.52 bits per heavy atom. The number of aliphatic hydroxyl groups excluding tert-OH is 1. The van der Waals surface area contributed by atoms with Crippen LogP contribution in [-0.2, 0) is 19.1 Å². The van der Waals surface area contributed by atoms with E-state index in [1.165, 1.54) is 4.90 Å². The smallest absolute Gasteiger partial charge is 0.250 e. The Labute approximate surface area is 239 Å². The van der Waals surface area contributed by atoms with Crippen LogP contribution in [0.4, 0.5) is 11.4 Å². The van der Waals surface area contributed by atoms with Crippen molar-refractivity contribution in [1.82, 2.24) is 4.90 Å². The van der Waals surface area contributed by atoms with Gasteiger partial charge in [0.15, 0.2) is 0 Å². The van der Waals surface area contributed by atoms with Crippen LogP contribution in [0.5, 0.6) is 5.75 Å². The Morgan fingerprint density at radius 1 is 1.20 bits per heavy atom. The number of nitrogens with one attached hydrogen (secondary N) is 2. The van der Waals surface area contributed by atoms with Crippen molar-refractivity contribution >= 4 is 40.7 Å². The SMILES string of the molecule is CCOc1ccc(NC(=O)[C@@H]2[C@H]3C(=O)N([C@H](C)CO)C(C(=O)Nc4c(C)cccc4Cl)C34CC(C)[C@@]2(C)O4)cc1. The lowest BCUT2D eigenvalue weighted by Gasteiger charge is -2.36. The highest BCUT2D eigenvalue weighted by molar-refractivity contribution is 6.34. The molecule has 10 heteroatoms. The van der Waals surface area contributed by atoms with Crippen LogP contribution in [0.1, 0.15) is 39.7 Å². The molecule has 0 aliphatic carbocycles. The highest BCUT2D eigenvalue weighted by Crippen LogP contribution is 2.65. The first-order valence-corrected chi connectivity index (χ1v) is 14.1. The predicted octanol–water partition coefficient (Wildman–Crippen LogP) is 4.02. The van der Waals surface area contributed by atoms with Gasteiger partial charge in [-0.15, -0.1) is 0 Å². The standard InChI is InChI=1S/C30H36ClN3O6/c1-6-39-20-12-10-19(11-13-20)32-26(36)22-23-28(38)34(18(4)15-35)25(30(23)14-17(3)29(22,5)40-30)27(37)33-24-16(2)8-7-9-21(24)31/h7-13,17-18,22-23,25,35H,6,14-15H2,1-5H3,(H,32,36)(H,33,37)/t17?,18-,22+,23+,25?,29-,30?/m1/s1. The number of amides is 3. The second-order valence-corrected chi connectivity index (χ2v) is 11.8. The second kappa shape index (κ2) is 10.4. The second-order valence-electron chi connectivity index (χ2n) is 11.3. The van der Waals surface area contributed by atoms with Gasteiger partial charge in [-0.05, 0) is 75.9 Å². The van der Waals surface area contributed by atoms with Gasteiger partial charge in [0.1, 0.15) is 17.4 Å². The van der Waals surface area contributed by atoms with E-state index in [1.54, 1.807) is 43.3 Å². The van der Waals surface area contributed by atoms with E-state index in [9.17, 15) is 19.5 Å². The summed E-state index contributed by atoms with van der Waals surface area (Å²) in [7, 11) is 0. The third kappa shape index (κ3) is 4.26. The molecule has 3 saturated heterocycles. The number of aryl methyl sites for hydroxylation is 1. The molecule has 2 aromatic carbocycles. The van der Waals surface area contributed by atoms with E-state index in [4.69, 9.17) is 21.1 Å². The van der Waals surface area contributed by atoms with Crippen LogP contribution in [-0.4, -0.2) is 64.2 Å². The van der Waals surface area contributed by atoms with Crippen molar-refractivity contribution in [3.05, 3.63) is 53.1 Å². The molecule has 2 bridgehead atoms. The van der Waals surface area contributed by atoms with E-state index < -0.39 is 41.0 Å². The molecule has 0 saturated carbocycles. The topological polar surface area (TPSA) is 117 Å². The van der Waals surface area contributed by atoms with Gasteiger partial charge in [0.2, 0.25) is 17.7 Å². The number of halogens is 1. The zero-order valence-electron chi connectivity index (χ0n) is 23.4. The largest absolute Gasteiger partial charge is 0.494 e. The molecular formula is C30H36ClN3O6. The third-order valence-electron chi connectivity index (χ3n) is 8.93. The van der Waals surface area contributed by atoms with Gasteiger partial charge in [0.25, 0.3) is 0 Å². The minimum atomic E-state index is -1.24. The summed E-state index contributed by atoms with van der Waals surface area (Å²) in [4.78, 5) is 43.5. The Bertz CT molecular complexity index is 1310. The molecule has 3 N–H and O–H groups in total. The molecule has 0 radical (unpaired) electrons. The highest BCUT2D eigenvalue weighted by Gasteiger charge is 2.80. The number of ether oxygens (including phenoxy) is 2. The first-order chi connectivity index (χ1) is 19.0. The van der Waals surface area contributed by atoms with Gasteiger partial charge >= 0.3 is 0 Å². The fourth-order valence-corrected chi connectivity index (χ4v) is 7.21.